The summed E-state index contributed by atoms with van der Waals surface area (Å²) < 4.78 is 0.750. The third kappa shape index (κ3) is 3.41. The van der Waals surface area contributed by atoms with Gasteiger partial charge in [0, 0.05) is 22.1 Å². The number of likely N-dealkylation sites (N-methyl/N-ethyl adjacent to an activating group) is 1. The van der Waals surface area contributed by atoms with Crippen molar-refractivity contribution in [2.75, 3.05) is 11.4 Å². The summed E-state index contributed by atoms with van der Waals surface area (Å²) in [4.78, 5) is 27.4. The number of halogens is 1. The molecule has 0 aromatic heterocycles. The number of hydrogen-bond acceptors (Lipinski definition) is 3. The van der Waals surface area contributed by atoms with Crippen molar-refractivity contribution in [1.29, 1.82) is 0 Å². The third-order valence-electron chi connectivity index (χ3n) is 5.34. The summed E-state index contributed by atoms with van der Waals surface area (Å²) in [7, 11) is 0. The molecule has 1 atom stereocenters. The van der Waals surface area contributed by atoms with Gasteiger partial charge in [0.15, 0.2) is 11.4 Å². The van der Waals surface area contributed by atoms with Crippen LogP contribution in [-0.4, -0.2) is 23.3 Å². The lowest BCUT2D eigenvalue weighted by Crippen LogP contribution is -2.41. The summed E-state index contributed by atoms with van der Waals surface area (Å²) >= 11 is 3.39. The van der Waals surface area contributed by atoms with E-state index < -0.39 is 11.5 Å². The maximum absolute atomic E-state index is 12.9. The van der Waals surface area contributed by atoms with E-state index >= 15 is 0 Å². The van der Waals surface area contributed by atoms with Crippen molar-refractivity contribution in [3.8, 4) is 11.1 Å². The molecule has 4 rings (SSSR count). The second-order valence-electron chi connectivity index (χ2n) is 7.11. The summed E-state index contributed by atoms with van der Waals surface area (Å²) in [6, 6.07) is 22.5. The molecule has 1 amide bonds. The maximum atomic E-state index is 12.9. The highest BCUT2D eigenvalue weighted by atomic mass is 79.9. The van der Waals surface area contributed by atoms with Crippen molar-refractivity contribution in [3.63, 3.8) is 0 Å². The molecule has 0 spiro atoms. The van der Waals surface area contributed by atoms with Gasteiger partial charge in [-0.2, -0.15) is 0 Å². The number of benzene rings is 3. The number of hydrogen-bond donors (Lipinski definition) is 1. The van der Waals surface area contributed by atoms with Crippen LogP contribution in [0.4, 0.5) is 5.69 Å². The van der Waals surface area contributed by atoms with Crippen molar-refractivity contribution in [3.05, 3.63) is 88.4 Å². The van der Waals surface area contributed by atoms with Crippen LogP contribution in [0.5, 0.6) is 0 Å². The van der Waals surface area contributed by atoms with Crippen LogP contribution in [0.3, 0.4) is 0 Å². The Hall–Kier alpha value is -2.76. The number of rotatable bonds is 5. The van der Waals surface area contributed by atoms with Crippen molar-refractivity contribution in [1.82, 2.24) is 0 Å². The summed E-state index contributed by atoms with van der Waals surface area (Å²) in [5.41, 5.74) is 1.79. The minimum atomic E-state index is -1.86. The molecule has 0 bridgehead atoms. The van der Waals surface area contributed by atoms with Crippen molar-refractivity contribution in [2.45, 2.75) is 18.9 Å². The number of fused-ring (bicyclic) bond motifs is 1. The number of nitrogens with zero attached hydrogens (tertiary/aromatic N) is 1. The normalized spacial score (nSPS) is 18.0. The van der Waals surface area contributed by atoms with Gasteiger partial charge in [-0.3, -0.25) is 9.59 Å². The molecular weight excluding hydrogens is 430 g/mol. The van der Waals surface area contributed by atoms with Crippen LogP contribution < -0.4 is 4.90 Å². The SMILES string of the molecule is CCN1C(=O)[C@](O)(CC(=O)c2ccc(-c3ccccc3)cc2)c2cc(Br)ccc21. The summed E-state index contributed by atoms with van der Waals surface area (Å²) in [6.07, 6.45) is -0.295. The maximum Gasteiger partial charge on any atom is 0.264 e. The summed E-state index contributed by atoms with van der Waals surface area (Å²) in [6.45, 7) is 2.27. The Morgan fingerprint density at radius 1 is 1.00 bits per heavy atom. The Morgan fingerprint density at radius 3 is 2.31 bits per heavy atom. The molecule has 1 N–H and O–H groups in total. The van der Waals surface area contributed by atoms with Crippen LogP contribution in [0.1, 0.15) is 29.3 Å². The fraction of sp³-hybridized carbons (Fsp3) is 0.167. The van der Waals surface area contributed by atoms with Gasteiger partial charge in [0.1, 0.15) is 0 Å². The fourth-order valence-electron chi connectivity index (χ4n) is 3.82. The molecule has 29 heavy (non-hydrogen) atoms. The zero-order chi connectivity index (χ0) is 20.6. The van der Waals surface area contributed by atoms with Crippen LogP contribution in [0.25, 0.3) is 11.1 Å². The van der Waals surface area contributed by atoms with Gasteiger partial charge in [-0.05, 0) is 36.2 Å². The lowest BCUT2D eigenvalue weighted by atomic mass is 9.88. The van der Waals surface area contributed by atoms with Crippen LogP contribution in [0.15, 0.2) is 77.3 Å². The highest BCUT2D eigenvalue weighted by Gasteiger charge is 2.50. The lowest BCUT2D eigenvalue weighted by Gasteiger charge is -2.22. The molecule has 1 aliphatic rings. The molecule has 0 saturated heterocycles. The molecule has 1 aliphatic heterocycles. The van der Waals surface area contributed by atoms with Crippen LogP contribution in [0.2, 0.25) is 0 Å². The molecule has 4 nitrogen and oxygen atoms in total. The van der Waals surface area contributed by atoms with Crippen LogP contribution in [0, 0.1) is 0 Å². The number of carbonyl (C=O) groups is 2. The van der Waals surface area contributed by atoms with Crippen molar-refractivity contribution >= 4 is 33.3 Å². The van der Waals surface area contributed by atoms with E-state index in [0.717, 1.165) is 15.6 Å². The second-order valence-corrected chi connectivity index (χ2v) is 8.03. The molecule has 0 fully saturated rings. The van der Waals surface area contributed by atoms with E-state index in [-0.39, 0.29) is 12.2 Å². The number of ketones is 1. The number of amides is 1. The summed E-state index contributed by atoms with van der Waals surface area (Å²) in [5.74, 6) is -0.730. The van der Waals surface area contributed by atoms with E-state index in [9.17, 15) is 14.7 Å². The molecule has 0 radical (unpaired) electrons. The van der Waals surface area contributed by atoms with Gasteiger partial charge in [-0.1, -0.05) is 70.5 Å². The zero-order valence-corrected chi connectivity index (χ0v) is 17.5. The molecule has 1 heterocycles. The highest BCUT2D eigenvalue weighted by Crippen LogP contribution is 2.44. The average Bonchev–Trinajstić information content (AvgIpc) is 2.95. The molecule has 146 valence electrons. The van der Waals surface area contributed by atoms with Gasteiger partial charge in [0.05, 0.1) is 12.1 Å². The first-order chi connectivity index (χ1) is 13.9. The number of Topliss-reactive ketones (excluding diaryl/α,β-unsaturated/α-hetero) is 1. The van der Waals surface area contributed by atoms with E-state index in [1.54, 1.807) is 24.3 Å². The first kappa shape index (κ1) is 19.6. The Kier molecular flexibility index (Phi) is 5.11. The topological polar surface area (TPSA) is 57.6 Å². The minimum absolute atomic E-state index is 0.274. The molecule has 0 unspecified atom stereocenters. The van der Waals surface area contributed by atoms with Crippen molar-refractivity contribution < 1.29 is 14.7 Å². The predicted molar refractivity (Wildman–Crippen MR) is 117 cm³/mol. The minimum Gasteiger partial charge on any atom is -0.375 e. The van der Waals surface area contributed by atoms with Gasteiger partial charge in [0.25, 0.3) is 5.91 Å². The first-order valence-corrected chi connectivity index (χ1v) is 10.3. The van der Waals surface area contributed by atoms with Gasteiger partial charge >= 0.3 is 0 Å². The van der Waals surface area contributed by atoms with Crippen LogP contribution in [-0.2, 0) is 10.4 Å². The van der Waals surface area contributed by atoms with Gasteiger partial charge < -0.3 is 10.0 Å². The van der Waals surface area contributed by atoms with E-state index in [1.165, 1.54) is 4.90 Å². The molecule has 5 heteroatoms. The number of aliphatic hydroxyl groups is 1. The fourth-order valence-corrected chi connectivity index (χ4v) is 4.18. The Balaban J connectivity index is 1.63. The zero-order valence-electron chi connectivity index (χ0n) is 15.9. The van der Waals surface area contributed by atoms with E-state index in [1.807, 2.05) is 55.5 Å². The van der Waals surface area contributed by atoms with Crippen molar-refractivity contribution in [2.24, 2.45) is 0 Å². The van der Waals surface area contributed by atoms with E-state index in [0.29, 0.717) is 23.4 Å². The Morgan fingerprint density at radius 2 is 1.66 bits per heavy atom. The van der Waals surface area contributed by atoms with E-state index in [4.69, 9.17) is 0 Å². The summed E-state index contributed by atoms with van der Waals surface area (Å²) in [5, 5.41) is 11.3. The standard InChI is InChI=1S/C24H20BrNO3/c1-2-26-21-13-12-19(25)14-20(21)24(29,23(26)28)15-22(27)18-10-8-17(9-11-18)16-6-4-3-5-7-16/h3-14,29H,2,15H2,1H3/t24-/m0/s1. The number of carbonyl (C=O) groups excluding carboxylic acids is 2. The largest absolute Gasteiger partial charge is 0.375 e. The van der Waals surface area contributed by atoms with E-state index in [2.05, 4.69) is 15.9 Å². The predicted octanol–water partition coefficient (Wildman–Crippen LogP) is 4.94. The molecule has 0 aliphatic carbocycles. The molecule has 3 aromatic rings. The lowest BCUT2D eigenvalue weighted by molar-refractivity contribution is -0.135. The molecule has 0 saturated carbocycles. The smallest absolute Gasteiger partial charge is 0.264 e. The van der Waals surface area contributed by atoms with Crippen LogP contribution >= 0.6 is 15.9 Å². The second kappa shape index (κ2) is 7.58. The first-order valence-electron chi connectivity index (χ1n) is 9.47. The Bertz CT molecular complexity index is 1080. The number of anilines is 1. The van der Waals surface area contributed by atoms with Gasteiger partial charge in [-0.25, -0.2) is 0 Å². The highest BCUT2D eigenvalue weighted by molar-refractivity contribution is 9.10. The molecular formula is C24H20BrNO3. The third-order valence-corrected chi connectivity index (χ3v) is 5.83. The molecule has 3 aromatic carbocycles. The Labute approximate surface area is 177 Å². The van der Waals surface area contributed by atoms with Gasteiger partial charge in [0.2, 0.25) is 0 Å². The monoisotopic (exact) mass is 449 g/mol. The quantitative estimate of drug-likeness (QED) is 0.560. The average molecular weight is 450 g/mol. The van der Waals surface area contributed by atoms with Gasteiger partial charge in [-0.15, -0.1) is 0 Å².